The molecule has 1 heterocycles. The Morgan fingerprint density at radius 3 is 2.26 bits per heavy atom. The zero-order valence-corrected chi connectivity index (χ0v) is 12.2. The molecule has 3 nitrogen and oxygen atoms in total. The maximum absolute atomic E-state index is 12.9. The monoisotopic (exact) mass is 318 g/mol. The first kappa shape index (κ1) is 15.1. The van der Waals surface area contributed by atoms with Gasteiger partial charge in [-0.25, -0.2) is 0 Å². The molecular formula is C17H13F3N2O. The van der Waals surface area contributed by atoms with Crippen LogP contribution in [0.2, 0.25) is 0 Å². The smallest absolute Gasteiger partial charge is 0.297 e. The summed E-state index contributed by atoms with van der Waals surface area (Å²) >= 11 is 0. The predicted molar refractivity (Wildman–Crippen MR) is 82.0 cm³/mol. The van der Waals surface area contributed by atoms with Gasteiger partial charge >= 0.3 is 6.18 Å². The highest BCUT2D eigenvalue weighted by Crippen LogP contribution is 2.33. The second-order valence-electron chi connectivity index (χ2n) is 5.27. The number of alkyl halides is 3. The minimum Gasteiger partial charge on any atom is -0.297 e. The van der Waals surface area contributed by atoms with Gasteiger partial charge in [0, 0.05) is 5.56 Å². The highest BCUT2D eigenvalue weighted by atomic mass is 19.4. The third-order valence-electron chi connectivity index (χ3n) is 3.60. The van der Waals surface area contributed by atoms with Crippen molar-refractivity contribution < 1.29 is 13.2 Å². The van der Waals surface area contributed by atoms with Gasteiger partial charge in [0.15, 0.2) is 0 Å². The van der Waals surface area contributed by atoms with Crippen LogP contribution < -0.4 is 5.56 Å². The molecule has 118 valence electrons. The summed E-state index contributed by atoms with van der Waals surface area (Å²) in [7, 11) is 0. The van der Waals surface area contributed by atoms with E-state index in [-0.39, 0.29) is 11.1 Å². The minimum atomic E-state index is -4.46. The quantitative estimate of drug-likeness (QED) is 0.724. The molecule has 0 amide bonds. The van der Waals surface area contributed by atoms with E-state index in [4.69, 9.17) is 0 Å². The fourth-order valence-corrected chi connectivity index (χ4v) is 2.42. The van der Waals surface area contributed by atoms with Gasteiger partial charge in [-0.1, -0.05) is 42.0 Å². The summed E-state index contributed by atoms with van der Waals surface area (Å²) < 4.78 is 38.7. The van der Waals surface area contributed by atoms with Crippen molar-refractivity contribution in [1.82, 2.24) is 10.2 Å². The Labute approximate surface area is 129 Å². The summed E-state index contributed by atoms with van der Waals surface area (Å²) in [6.45, 7) is 1.93. The summed E-state index contributed by atoms with van der Waals surface area (Å²) in [6, 6.07) is 12.1. The second-order valence-corrected chi connectivity index (χ2v) is 5.27. The molecule has 0 saturated carbocycles. The molecule has 6 heteroatoms. The lowest BCUT2D eigenvalue weighted by Crippen LogP contribution is -2.06. The number of halogens is 3. The summed E-state index contributed by atoms with van der Waals surface area (Å²) in [5.41, 5.74) is 1.41. The van der Waals surface area contributed by atoms with Crippen molar-refractivity contribution in [3.8, 4) is 22.4 Å². The van der Waals surface area contributed by atoms with Crippen molar-refractivity contribution in [2.75, 3.05) is 0 Å². The Morgan fingerprint density at radius 1 is 0.913 bits per heavy atom. The first-order valence-corrected chi connectivity index (χ1v) is 6.91. The van der Waals surface area contributed by atoms with E-state index in [1.807, 2.05) is 31.2 Å². The maximum atomic E-state index is 12.9. The number of rotatable bonds is 2. The van der Waals surface area contributed by atoms with Gasteiger partial charge in [0.1, 0.15) is 0 Å². The average molecular weight is 318 g/mol. The number of hydrogen-bond donors (Lipinski definition) is 2. The lowest BCUT2D eigenvalue weighted by atomic mass is 9.99. The van der Waals surface area contributed by atoms with Crippen LogP contribution in [0.4, 0.5) is 13.2 Å². The van der Waals surface area contributed by atoms with Crippen molar-refractivity contribution in [3.63, 3.8) is 0 Å². The molecule has 0 aliphatic rings. The van der Waals surface area contributed by atoms with Gasteiger partial charge in [0.25, 0.3) is 5.56 Å². The molecule has 1 aromatic heterocycles. The molecule has 0 spiro atoms. The molecule has 0 bridgehead atoms. The van der Waals surface area contributed by atoms with Crippen molar-refractivity contribution in [1.29, 1.82) is 0 Å². The lowest BCUT2D eigenvalue weighted by molar-refractivity contribution is -0.137. The molecule has 0 saturated heterocycles. The number of aromatic nitrogens is 2. The summed E-state index contributed by atoms with van der Waals surface area (Å²) in [6.07, 6.45) is -4.46. The summed E-state index contributed by atoms with van der Waals surface area (Å²) in [5.74, 6) is 0. The zero-order valence-electron chi connectivity index (χ0n) is 12.2. The fraction of sp³-hybridized carbons (Fsp3) is 0.118. The Hall–Kier alpha value is -2.76. The van der Waals surface area contributed by atoms with Crippen molar-refractivity contribution in [3.05, 3.63) is 70.0 Å². The van der Waals surface area contributed by atoms with E-state index in [2.05, 4.69) is 10.2 Å². The average Bonchev–Trinajstić information content (AvgIpc) is 2.89. The fourth-order valence-electron chi connectivity index (χ4n) is 2.42. The highest BCUT2D eigenvalue weighted by molar-refractivity contribution is 5.80. The van der Waals surface area contributed by atoms with Crippen LogP contribution in [0.15, 0.2) is 53.3 Å². The number of aryl methyl sites for hydroxylation is 1. The summed E-state index contributed by atoms with van der Waals surface area (Å²) in [4.78, 5) is 12.1. The van der Waals surface area contributed by atoms with Gasteiger partial charge < -0.3 is 0 Å². The third kappa shape index (κ3) is 2.92. The molecule has 0 aliphatic heterocycles. The zero-order chi connectivity index (χ0) is 16.6. The van der Waals surface area contributed by atoms with Crippen LogP contribution in [0.1, 0.15) is 11.1 Å². The van der Waals surface area contributed by atoms with Crippen LogP contribution in [0.25, 0.3) is 22.4 Å². The van der Waals surface area contributed by atoms with Crippen molar-refractivity contribution in [2.45, 2.75) is 13.1 Å². The van der Waals surface area contributed by atoms with E-state index in [9.17, 15) is 18.0 Å². The SMILES string of the molecule is Cc1ccc(-c2[nH][nH]c(=O)c2-c2cccc(C(F)(F)F)c2)cc1. The van der Waals surface area contributed by atoms with E-state index >= 15 is 0 Å². The summed E-state index contributed by atoms with van der Waals surface area (Å²) in [5, 5.41) is 5.19. The van der Waals surface area contributed by atoms with Gasteiger partial charge in [0.05, 0.1) is 16.8 Å². The number of hydrogen-bond acceptors (Lipinski definition) is 1. The number of benzene rings is 2. The number of H-pyrrole nitrogens is 2. The molecule has 0 unspecified atom stereocenters. The Kier molecular flexibility index (Phi) is 3.60. The normalized spacial score (nSPS) is 11.7. The van der Waals surface area contributed by atoms with E-state index in [1.54, 1.807) is 0 Å². The van der Waals surface area contributed by atoms with Gasteiger partial charge in [-0.05, 0) is 24.6 Å². The van der Waals surface area contributed by atoms with Crippen LogP contribution in [-0.2, 0) is 6.18 Å². The first-order valence-electron chi connectivity index (χ1n) is 6.91. The molecule has 0 aliphatic carbocycles. The van der Waals surface area contributed by atoms with E-state index in [0.717, 1.165) is 23.3 Å². The molecule has 23 heavy (non-hydrogen) atoms. The van der Waals surface area contributed by atoms with E-state index in [1.165, 1.54) is 12.1 Å². The Bertz CT molecular complexity index is 889. The minimum absolute atomic E-state index is 0.194. The highest BCUT2D eigenvalue weighted by Gasteiger charge is 2.31. The van der Waals surface area contributed by atoms with Crippen LogP contribution in [0.5, 0.6) is 0 Å². The lowest BCUT2D eigenvalue weighted by Gasteiger charge is -2.09. The topological polar surface area (TPSA) is 48.6 Å². The molecule has 0 fully saturated rings. The molecule has 3 aromatic rings. The standard InChI is InChI=1S/C17H13F3N2O/c1-10-5-7-11(8-6-10)15-14(16(23)22-21-15)12-3-2-4-13(9-12)17(18,19)20/h2-9H,1H3,(H2,21,22,23). The molecular weight excluding hydrogens is 305 g/mol. The van der Waals surface area contributed by atoms with E-state index < -0.39 is 17.3 Å². The van der Waals surface area contributed by atoms with Crippen molar-refractivity contribution >= 4 is 0 Å². The van der Waals surface area contributed by atoms with Crippen LogP contribution >= 0.6 is 0 Å². The van der Waals surface area contributed by atoms with Gasteiger partial charge in [-0.3, -0.25) is 15.0 Å². The molecule has 2 aromatic carbocycles. The third-order valence-corrected chi connectivity index (χ3v) is 3.60. The predicted octanol–water partition coefficient (Wildman–Crippen LogP) is 4.36. The van der Waals surface area contributed by atoms with Gasteiger partial charge in [-0.15, -0.1) is 0 Å². The van der Waals surface area contributed by atoms with Crippen LogP contribution in [0, 0.1) is 6.92 Å². The molecule has 2 N–H and O–H groups in total. The molecule has 3 rings (SSSR count). The first-order chi connectivity index (χ1) is 10.9. The van der Waals surface area contributed by atoms with Crippen LogP contribution in [-0.4, -0.2) is 10.2 Å². The number of aromatic amines is 2. The number of nitrogens with one attached hydrogen (secondary N) is 2. The Balaban J connectivity index is 2.16. The second kappa shape index (κ2) is 5.46. The van der Waals surface area contributed by atoms with Crippen LogP contribution in [0.3, 0.4) is 0 Å². The molecule has 0 atom stereocenters. The van der Waals surface area contributed by atoms with Crippen molar-refractivity contribution in [2.24, 2.45) is 0 Å². The Morgan fingerprint density at radius 2 is 1.61 bits per heavy atom. The molecule has 0 radical (unpaired) electrons. The maximum Gasteiger partial charge on any atom is 0.416 e. The van der Waals surface area contributed by atoms with E-state index in [0.29, 0.717) is 5.69 Å². The largest absolute Gasteiger partial charge is 0.416 e. The van der Waals surface area contributed by atoms with Gasteiger partial charge in [0.2, 0.25) is 0 Å². The van der Waals surface area contributed by atoms with Gasteiger partial charge in [-0.2, -0.15) is 13.2 Å².